The van der Waals surface area contributed by atoms with Gasteiger partial charge in [-0.05, 0) is 30.9 Å². The zero-order chi connectivity index (χ0) is 24.8. The Bertz CT molecular complexity index is 976. The lowest BCUT2D eigenvalue weighted by Crippen LogP contribution is -2.41. The molecule has 3 N–H and O–H groups in total. The molecule has 1 aliphatic heterocycles. The molecule has 188 valence electrons. The molecule has 6 heteroatoms. The second-order valence-corrected chi connectivity index (χ2v) is 9.99. The van der Waals surface area contributed by atoms with Crippen LogP contribution in [0.25, 0.3) is 0 Å². The number of fused-ring (bicyclic) bond motifs is 2. The van der Waals surface area contributed by atoms with Gasteiger partial charge >= 0.3 is 11.9 Å². The molecule has 6 nitrogen and oxygen atoms in total. The molecular formula is C29H37NO5. The van der Waals surface area contributed by atoms with E-state index >= 15 is 0 Å². The summed E-state index contributed by atoms with van der Waals surface area (Å²) in [6, 6.07) is 14.3. The van der Waals surface area contributed by atoms with E-state index < -0.39 is 23.9 Å². The van der Waals surface area contributed by atoms with Crippen molar-refractivity contribution in [1.82, 2.24) is 5.32 Å². The molecule has 1 heterocycles. The molecule has 0 spiro atoms. The van der Waals surface area contributed by atoms with Crippen molar-refractivity contribution in [2.24, 2.45) is 11.8 Å². The largest absolute Gasteiger partial charge is 0.481 e. The average molecular weight is 480 g/mol. The van der Waals surface area contributed by atoms with Crippen LogP contribution in [0.1, 0.15) is 81.8 Å². The molecule has 4 rings (SSSR count). The van der Waals surface area contributed by atoms with E-state index in [1.807, 2.05) is 48.5 Å². The first-order valence-corrected chi connectivity index (χ1v) is 13.1. The lowest BCUT2D eigenvalue weighted by molar-refractivity contribution is -0.141. The van der Waals surface area contributed by atoms with Crippen molar-refractivity contribution in [3.8, 4) is 11.5 Å². The van der Waals surface area contributed by atoms with E-state index in [4.69, 9.17) is 4.74 Å². The van der Waals surface area contributed by atoms with Crippen molar-refractivity contribution < 1.29 is 24.5 Å². The monoisotopic (exact) mass is 479 g/mol. The fraction of sp³-hybridized carbons (Fsp3) is 0.517. The third-order valence-corrected chi connectivity index (χ3v) is 7.57. The molecule has 0 amide bonds. The van der Waals surface area contributed by atoms with Crippen LogP contribution in [-0.4, -0.2) is 34.2 Å². The first-order valence-electron chi connectivity index (χ1n) is 13.1. The van der Waals surface area contributed by atoms with E-state index in [9.17, 15) is 19.8 Å². The molecule has 0 aromatic heterocycles. The number of nitrogens with one attached hydrogen (secondary N) is 1. The van der Waals surface area contributed by atoms with Gasteiger partial charge in [0.05, 0.1) is 5.92 Å². The summed E-state index contributed by atoms with van der Waals surface area (Å²) < 4.78 is 6.05. The molecule has 0 bridgehead atoms. The normalized spacial score (nSPS) is 21.5. The fourth-order valence-corrected chi connectivity index (χ4v) is 5.60. The maximum absolute atomic E-state index is 12.3. The van der Waals surface area contributed by atoms with Gasteiger partial charge in [-0.1, -0.05) is 88.3 Å². The maximum atomic E-state index is 12.3. The zero-order valence-electron chi connectivity index (χ0n) is 20.5. The Kier molecular flexibility index (Phi) is 8.45. The van der Waals surface area contributed by atoms with E-state index in [1.165, 1.54) is 32.1 Å². The Hall–Kier alpha value is -2.86. The van der Waals surface area contributed by atoms with Crippen LogP contribution in [0, 0.1) is 11.8 Å². The number of unbranched alkanes of at least 4 members (excludes halogenated alkanes) is 6. The van der Waals surface area contributed by atoms with Gasteiger partial charge in [0.2, 0.25) is 0 Å². The number of hydrogen-bond acceptors (Lipinski definition) is 4. The number of aliphatic carboxylic acids is 2. The van der Waals surface area contributed by atoms with E-state index in [1.54, 1.807) is 0 Å². The Morgan fingerprint density at radius 2 is 1.46 bits per heavy atom. The topological polar surface area (TPSA) is 95.9 Å². The molecule has 4 atom stereocenters. The first-order chi connectivity index (χ1) is 17.0. The van der Waals surface area contributed by atoms with Crippen LogP contribution in [0.5, 0.6) is 11.5 Å². The average Bonchev–Trinajstić information content (AvgIpc) is 3.55. The van der Waals surface area contributed by atoms with Crippen molar-refractivity contribution in [3.05, 3.63) is 59.7 Å². The minimum absolute atomic E-state index is 0.000691. The number of carboxylic acid groups (broad SMARTS) is 2. The predicted octanol–water partition coefficient (Wildman–Crippen LogP) is 6.20. The third kappa shape index (κ3) is 6.04. The molecule has 1 fully saturated rings. The molecular weight excluding hydrogens is 442 g/mol. The Morgan fingerprint density at radius 3 is 2.03 bits per heavy atom. The lowest BCUT2D eigenvalue weighted by atomic mass is 9.83. The molecule has 35 heavy (non-hydrogen) atoms. The number of para-hydroxylation sites is 2. The lowest BCUT2D eigenvalue weighted by Gasteiger charge is -2.30. The van der Waals surface area contributed by atoms with Gasteiger partial charge in [0, 0.05) is 23.1 Å². The maximum Gasteiger partial charge on any atom is 0.320 e. The molecule has 1 saturated carbocycles. The number of hydrogen-bond donors (Lipinski definition) is 3. The van der Waals surface area contributed by atoms with Crippen molar-refractivity contribution in [3.63, 3.8) is 0 Å². The van der Waals surface area contributed by atoms with Gasteiger partial charge < -0.3 is 20.3 Å². The minimum atomic E-state index is -0.947. The van der Waals surface area contributed by atoms with E-state index in [-0.39, 0.29) is 17.9 Å². The second-order valence-electron chi connectivity index (χ2n) is 9.99. The Morgan fingerprint density at radius 1 is 0.886 bits per heavy atom. The summed E-state index contributed by atoms with van der Waals surface area (Å²) in [5.74, 6) is -0.948. The van der Waals surface area contributed by atoms with Crippen LogP contribution in [-0.2, 0) is 9.59 Å². The highest BCUT2D eigenvalue weighted by Gasteiger charge is 2.55. The van der Waals surface area contributed by atoms with Gasteiger partial charge in [0.25, 0.3) is 0 Å². The van der Waals surface area contributed by atoms with Gasteiger partial charge in [-0.3, -0.25) is 9.59 Å². The van der Waals surface area contributed by atoms with Crippen molar-refractivity contribution in [2.75, 3.05) is 0 Å². The van der Waals surface area contributed by atoms with Crippen LogP contribution >= 0.6 is 0 Å². The summed E-state index contributed by atoms with van der Waals surface area (Å²) in [4.78, 5) is 24.1. The molecule has 0 radical (unpaired) electrons. The second kappa shape index (κ2) is 11.7. The molecule has 0 saturated heterocycles. The Balaban J connectivity index is 1.41. The van der Waals surface area contributed by atoms with Gasteiger partial charge in [-0.15, -0.1) is 0 Å². The van der Waals surface area contributed by atoms with Crippen LogP contribution in [0.3, 0.4) is 0 Å². The minimum Gasteiger partial charge on any atom is -0.481 e. The molecule has 2 aliphatic rings. The smallest absolute Gasteiger partial charge is 0.320 e. The van der Waals surface area contributed by atoms with Crippen molar-refractivity contribution in [2.45, 2.75) is 82.7 Å². The zero-order valence-corrected chi connectivity index (χ0v) is 20.5. The summed E-state index contributed by atoms with van der Waals surface area (Å²) in [7, 11) is 0. The highest BCUT2D eigenvalue weighted by molar-refractivity contribution is 5.77. The molecule has 4 unspecified atom stereocenters. The van der Waals surface area contributed by atoms with E-state index in [0.29, 0.717) is 6.42 Å². The van der Waals surface area contributed by atoms with Gasteiger partial charge in [0.1, 0.15) is 17.5 Å². The summed E-state index contributed by atoms with van der Waals surface area (Å²) in [6.07, 6.45) is 9.45. The summed E-state index contributed by atoms with van der Waals surface area (Å²) in [5, 5.41) is 23.0. The van der Waals surface area contributed by atoms with Crippen LogP contribution < -0.4 is 10.1 Å². The van der Waals surface area contributed by atoms with Gasteiger partial charge in [0.15, 0.2) is 0 Å². The third-order valence-electron chi connectivity index (χ3n) is 7.57. The quantitative estimate of drug-likeness (QED) is 0.279. The fourth-order valence-electron chi connectivity index (χ4n) is 5.60. The Labute approximate surface area is 207 Å². The van der Waals surface area contributed by atoms with E-state index in [0.717, 1.165) is 41.9 Å². The van der Waals surface area contributed by atoms with Crippen LogP contribution in [0.2, 0.25) is 0 Å². The van der Waals surface area contributed by atoms with Crippen molar-refractivity contribution in [1.29, 1.82) is 0 Å². The molecule has 2 aromatic rings. The number of ether oxygens (including phenoxy) is 1. The SMILES string of the molecule is CCCCCCCCCC1C(NC(CC2c3ccccc3Oc3ccccc32)C(=O)O)C1C(=O)O. The number of carbonyl (C=O) groups is 2. The summed E-state index contributed by atoms with van der Waals surface area (Å²) in [6.45, 7) is 2.20. The predicted molar refractivity (Wildman–Crippen MR) is 135 cm³/mol. The van der Waals surface area contributed by atoms with E-state index in [2.05, 4.69) is 12.2 Å². The van der Waals surface area contributed by atoms with Crippen molar-refractivity contribution >= 4 is 11.9 Å². The number of benzene rings is 2. The highest BCUT2D eigenvalue weighted by atomic mass is 16.5. The first kappa shape index (κ1) is 25.2. The van der Waals surface area contributed by atoms with Crippen LogP contribution in [0.4, 0.5) is 0 Å². The van der Waals surface area contributed by atoms with Gasteiger partial charge in [-0.25, -0.2) is 0 Å². The molecule has 2 aromatic carbocycles. The molecule has 1 aliphatic carbocycles. The number of carboxylic acids is 2. The standard InChI is InChI=1S/C29H37NO5/c1-2-3-4-5-6-7-8-15-21-26(29(33)34)27(21)30-23(28(31)32)18-22-19-13-9-11-16-24(19)35-25-17-12-10-14-20(22)25/h9-14,16-17,21-23,26-27,30H,2-8,15,18H2,1H3,(H,31,32)(H,33,34). The summed E-state index contributed by atoms with van der Waals surface area (Å²) in [5.41, 5.74) is 1.92. The number of rotatable bonds is 14. The summed E-state index contributed by atoms with van der Waals surface area (Å²) >= 11 is 0. The van der Waals surface area contributed by atoms with Crippen LogP contribution in [0.15, 0.2) is 48.5 Å². The van der Waals surface area contributed by atoms with Gasteiger partial charge in [-0.2, -0.15) is 0 Å². The highest BCUT2D eigenvalue weighted by Crippen LogP contribution is 2.47.